The highest BCUT2D eigenvalue weighted by atomic mass is 79.9. The maximum absolute atomic E-state index is 13.2. The molecule has 150 valence electrons. The molecule has 0 aliphatic rings. The molecule has 11 heteroatoms. The van der Waals surface area contributed by atoms with Gasteiger partial charge in [0.1, 0.15) is 17.8 Å². The van der Waals surface area contributed by atoms with E-state index in [0.717, 1.165) is 0 Å². The standard InChI is InChI=1S/C18H14BrF2N5O3/c19-14-9-13(5-6-15(14)21)24-28-22-10-16-18(26-29-25-16)23-17(27)7-4-11-2-1-3-12(20)8-11/h1-3,5-6,8-10,24H,4,7H2,(H,23,26,27)/b22-10+. The minimum Gasteiger partial charge on any atom is -0.306 e. The summed E-state index contributed by atoms with van der Waals surface area (Å²) in [6.07, 6.45) is 1.65. The zero-order chi connectivity index (χ0) is 20.6. The van der Waals surface area contributed by atoms with Crippen LogP contribution in [0.4, 0.5) is 20.3 Å². The van der Waals surface area contributed by atoms with Crippen molar-refractivity contribution in [2.75, 3.05) is 10.8 Å². The zero-order valence-corrected chi connectivity index (χ0v) is 16.3. The summed E-state index contributed by atoms with van der Waals surface area (Å²) in [6.45, 7) is 0. The van der Waals surface area contributed by atoms with Gasteiger partial charge in [0.05, 0.1) is 10.2 Å². The topological polar surface area (TPSA) is 102 Å². The van der Waals surface area contributed by atoms with Crippen LogP contribution in [-0.2, 0) is 16.2 Å². The van der Waals surface area contributed by atoms with E-state index >= 15 is 0 Å². The Morgan fingerprint density at radius 2 is 2.10 bits per heavy atom. The summed E-state index contributed by atoms with van der Waals surface area (Å²) in [5.41, 5.74) is 3.78. The summed E-state index contributed by atoms with van der Waals surface area (Å²) in [5.74, 6) is -1.06. The van der Waals surface area contributed by atoms with Crippen molar-refractivity contribution in [3.8, 4) is 0 Å². The van der Waals surface area contributed by atoms with Gasteiger partial charge in [-0.25, -0.2) is 13.4 Å². The molecule has 2 N–H and O–H groups in total. The Morgan fingerprint density at radius 1 is 1.24 bits per heavy atom. The van der Waals surface area contributed by atoms with Gasteiger partial charge in [-0.1, -0.05) is 17.3 Å². The molecule has 0 saturated carbocycles. The molecular weight excluding hydrogens is 452 g/mol. The summed E-state index contributed by atoms with van der Waals surface area (Å²) in [6, 6.07) is 10.2. The highest BCUT2D eigenvalue weighted by molar-refractivity contribution is 9.10. The van der Waals surface area contributed by atoms with Crippen molar-refractivity contribution in [3.63, 3.8) is 0 Å². The lowest BCUT2D eigenvalue weighted by Crippen LogP contribution is -2.14. The summed E-state index contributed by atoms with van der Waals surface area (Å²) in [4.78, 5) is 16.9. The van der Waals surface area contributed by atoms with E-state index in [0.29, 0.717) is 17.7 Å². The number of rotatable bonds is 8. The molecule has 1 heterocycles. The van der Waals surface area contributed by atoms with Crippen LogP contribution < -0.4 is 10.8 Å². The SMILES string of the molecule is O=C(CCc1cccc(F)c1)Nc1nonc1/C=N/ONc1ccc(F)c(Br)c1. The Hall–Kier alpha value is -3.34. The fourth-order valence-electron chi connectivity index (χ4n) is 2.23. The number of benzene rings is 2. The molecule has 2 aromatic carbocycles. The Labute approximate surface area is 172 Å². The van der Waals surface area contributed by atoms with Gasteiger partial charge in [0, 0.05) is 6.42 Å². The highest BCUT2D eigenvalue weighted by Gasteiger charge is 2.12. The van der Waals surface area contributed by atoms with Crippen molar-refractivity contribution in [2.24, 2.45) is 5.16 Å². The predicted octanol–water partition coefficient (Wildman–Crippen LogP) is 4.06. The Morgan fingerprint density at radius 3 is 2.90 bits per heavy atom. The number of anilines is 2. The van der Waals surface area contributed by atoms with Crippen molar-refractivity contribution >= 4 is 39.6 Å². The third-order valence-electron chi connectivity index (χ3n) is 3.61. The number of nitrogens with one attached hydrogen (secondary N) is 2. The number of carbonyl (C=O) groups excluding carboxylic acids is 1. The first kappa shape index (κ1) is 20.4. The Balaban J connectivity index is 1.49. The Bertz CT molecular complexity index is 1030. The van der Waals surface area contributed by atoms with Gasteiger partial charge in [-0.2, -0.15) is 5.48 Å². The molecule has 3 rings (SSSR count). The zero-order valence-electron chi connectivity index (χ0n) is 14.7. The van der Waals surface area contributed by atoms with Crippen LogP contribution in [0.15, 0.2) is 56.7 Å². The van der Waals surface area contributed by atoms with Gasteiger partial charge in [0.2, 0.25) is 11.7 Å². The molecule has 29 heavy (non-hydrogen) atoms. The maximum Gasteiger partial charge on any atom is 0.226 e. The van der Waals surface area contributed by atoms with E-state index < -0.39 is 5.82 Å². The molecule has 1 amide bonds. The summed E-state index contributed by atoms with van der Waals surface area (Å²) >= 11 is 3.05. The monoisotopic (exact) mass is 465 g/mol. The average molecular weight is 466 g/mol. The lowest BCUT2D eigenvalue weighted by molar-refractivity contribution is -0.116. The molecule has 0 atom stereocenters. The predicted molar refractivity (Wildman–Crippen MR) is 104 cm³/mol. The van der Waals surface area contributed by atoms with Crippen LogP contribution in [0.25, 0.3) is 0 Å². The number of carbonyl (C=O) groups is 1. The van der Waals surface area contributed by atoms with Crippen molar-refractivity contribution in [1.82, 2.24) is 10.3 Å². The molecule has 0 aliphatic heterocycles. The third kappa shape index (κ3) is 6.07. The minimum atomic E-state index is -0.412. The second kappa shape index (κ2) is 9.73. The molecule has 0 spiro atoms. The van der Waals surface area contributed by atoms with Gasteiger partial charge in [-0.15, -0.1) is 0 Å². The molecule has 0 fully saturated rings. The van der Waals surface area contributed by atoms with E-state index in [1.807, 2.05) is 0 Å². The van der Waals surface area contributed by atoms with Gasteiger partial charge >= 0.3 is 0 Å². The number of amides is 1. The van der Waals surface area contributed by atoms with Gasteiger partial charge in [-0.3, -0.25) is 9.73 Å². The number of aromatic nitrogens is 2. The van der Waals surface area contributed by atoms with Crippen LogP contribution in [-0.4, -0.2) is 22.4 Å². The smallest absolute Gasteiger partial charge is 0.226 e. The molecule has 0 saturated heterocycles. The molecule has 0 aliphatic carbocycles. The normalized spacial score (nSPS) is 10.9. The molecule has 8 nitrogen and oxygen atoms in total. The quantitative estimate of drug-likeness (QED) is 0.384. The third-order valence-corrected chi connectivity index (χ3v) is 4.22. The van der Waals surface area contributed by atoms with Crippen LogP contribution in [0.1, 0.15) is 17.7 Å². The van der Waals surface area contributed by atoms with E-state index in [1.54, 1.807) is 12.1 Å². The van der Waals surface area contributed by atoms with E-state index in [-0.39, 0.29) is 34.1 Å². The lowest BCUT2D eigenvalue weighted by atomic mass is 10.1. The van der Waals surface area contributed by atoms with Gasteiger partial charge in [0.25, 0.3) is 0 Å². The first-order valence-electron chi connectivity index (χ1n) is 8.28. The van der Waals surface area contributed by atoms with Crippen LogP contribution in [0.2, 0.25) is 0 Å². The number of nitrogens with zero attached hydrogens (tertiary/aromatic N) is 3. The van der Waals surface area contributed by atoms with Crippen molar-refractivity contribution in [1.29, 1.82) is 0 Å². The number of oxime groups is 1. The van der Waals surface area contributed by atoms with Crippen molar-refractivity contribution in [3.05, 3.63) is 69.8 Å². The van der Waals surface area contributed by atoms with Crippen LogP contribution in [0, 0.1) is 11.6 Å². The van der Waals surface area contributed by atoms with E-state index in [2.05, 4.69) is 46.8 Å². The number of aryl methyl sites for hydroxylation is 1. The van der Waals surface area contributed by atoms with Gasteiger partial charge in [0.15, 0.2) is 5.69 Å². The van der Waals surface area contributed by atoms with Gasteiger partial charge < -0.3 is 5.32 Å². The first-order chi connectivity index (χ1) is 14.0. The molecule has 3 aromatic rings. The molecule has 1 aromatic heterocycles. The first-order valence-corrected chi connectivity index (χ1v) is 9.08. The molecule has 0 radical (unpaired) electrons. The second-order valence-electron chi connectivity index (χ2n) is 5.73. The summed E-state index contributed by atoms with van der Waals surface area (Å²) < 4.78 is 31.2. The lowest BCUT2D eigenvalue weighted by Gasteiger charge is -2.03. The molecule has 0 unspecified atom stereocenters. The highest BCUT2D eigenvalue weighted by Crippen LogP contribution is 2.20. The minimum absolute atomic E-state index is 0.0612. The summed E-state index contributed by atoms with van der Waals surface area (Å²) in [7, 11) is 0. The largest absolute Gasteiger partial charge is 0.306 e. The number of hydrogen-bond donors (Lipinski definition) is 2. The molecular formula is C18H14BrF2N5O3. The second-order valence-corrected chi connectivity index (χ2v) is 6.59. The van der Waals surface area contributed by atoms with Crippen LogP contribution in [0.3, 0.4) is 0 Å². The van der Waals surface area contributed by atoms with E-state index in [4.69, 9.17) is 4.94 Å². The fourth-order valence-corrected chi connectivity index (χ4v) is 2.61. The van der Waals surface area contributed by atoms with E-state index in [9.17, 15) is 13.6 Å². The van der Waals surface area contributed by atoms with Crippen molar-refractivity contribution in [2.45, 2.75) is 12.8 Å². The van der Waals surface area contributed by atoms with E-state index in [1.165, 1.54) is 36.5 Å². The Kier molecular flexibility index (Phi) is 6.85. The number of halogens is 3. The maximum atomic E-state index is 13.2. The fraction of sp³-hybridized carbons (Fsp3) is 0.111. The average Bonchev–Trinajstić information content (AvgIpc) is 3.13. The van der Waals surface area contributed by atoms with Crippen molar-refractivity contribution < 1.29 is 23.1 Å². The number of hydrogen-bond acceptors (Lipinski definition) is 7. The van der Waals surface area contributed by atoms with Gasteiger partial charge in [-0.05, 0) is 68.6 Å². The van der Waals surface area contributed by atoms with Crippen LogP contribution in [0.5, 0.6) is 0 Å². The molecule has 0 bridgehead atoms. The summed E-state index contributed by atoms with van der Waals surface area (Å²) in [5, 5.41) is 13.4. The van der Waals surface area contributed by atoms with Crippen LogP contribution >= 0.6 is 15.9 Å².